The van der Waals surface area contributed by atoms with Crippen molar-refractivity contribution in [2.45, 2.75) is 26.3 Å². The third-order valence-electron chi connectivity index (χ3n) is 5.76. The lowest BCUT2D eigenvalue weighted by atomic mass is 9.99. The largest absolute Gasteiger partial charge is 0.494 e. The van der Waals surface area contributed by atoms with E-state index in [4.69, 9.17) is 4.74 Å². The lowest BCUT2D eigenvalue weighted by molar-refractivity contribution is -0.136. The molecule has 3 aromatic rings. The number of fused-ring (bicyclic) bond motifs is 1. The third-order valence-corrected chi connectivity index (χ3v) is 5.76. The molecule has 33 heavy (non-hydrogen) atoms. The van der Waals surface area contributed by atoms with Crippen LogP contribution in [0.15, 0.2) is 72.8 Å². The van der Waals surface area contributed by atoms with Gasteiger partial charge in [-0.1, -0.05) is 36.4 Å². The summed E-state index contributed by atoms with van der Waals surface area (Å²) in [6, 6.07) is 24.0. The molecule has 2 N–H and O–H groups in total. The summed E-state index contributed by atoms with van der Waals surface area (Å²) >= 11 is 0. The maximum atomic E-state index is 12.1. The highest BCUT2D eigenvalue weighted by Gasteiger charge is 2.16. The van der Waals surface area contributed by atoms with Crippen molar-refractivity contribution in [1.29, 1.82) is 0 Å². The molecule has 0 radical (unpaired) electrons. The zero-order valence-corrected chi connectivity index (χ0v) is 18.8. The highest BCUT2D eigenvalue weighted by molar-refractivity contribution is 6.39. The highest BCUT2D eigenvalue weighted by Crippen LogP contribution is 2.24. The van der Waals surface area contributed by atoms with Crippen LogP contribution in [0.1, 0.15) is 23.6 Å². The van der Waals surface area contributed by atoms with Crippen LogP contribution in [0, 0.1) is 0 Å². The van der Waals surface area contributed by atoms with Gasteiger partial charge in [0.15, 0.2) is 0 Å². The molecule has 1 heterocycles. The quantitative estimate of drug-likeness (QED) is 0.543. The number of benzene rings is 3. The minimum atomic E-state index is -0.681. The molecule has 6 nitrogen and oxygen atoms in total. The number of anilines is 2. The molecule has 170 valence electrons. The minimum absolute atomic E-state index is 0.395. The summed E-state index contributed by atoms with van der Waals surface area (Å²) in [6.07, 6.45) is 1.72. The second kappa shape index (κ2) is 10.7. The second-order valence-electron chi connectivity index (χ2n) is 8.02. The number of hydrogen-bond donors (Lipinski definition) is 2. The van der Waals surface area contributed by atoms with Crippen LogP contribution in [0.4, 0.5) is 11.4 Å². The van der Waals surface area contributed by atoms with Gasteiger partial charge in [-0.05, 0) is 72.9 Å². The number of nitrogens with zero attached hydrogens (tertiary/aromatic N) is 1. The fourth-order valence-electron chi connectivity index (χ4n) is 3.98. The Morgan fingerprint density at radius 2 is 1.64 bits per heavy atom. The first-order chi connectivity index (χ1) is 16.1. The number of rotatable bonds is 7. The van der Waals surface area contributed by atoms with Crippen LogP contribution in [0.3, 0.4) is 0 Å². The van der Waals surface area contributed by atoms with Gasteiger partial charge in [-0.3, -0.25) is 9.59 Å². The van der Waals surface area contributed by atoms with E-state index < -0.39 is 11.8 Å². The van der Waals surface area contributed by atoms with Crippen LogP contribution >= 0.6 is 0 Å². The molecular formula is C27H29N3O3. The first kappa shape index (κ1) is 22.4. The second-order valence-corrected chi connectivity index (χ2v) is 8.02. The molecule has 0 spiro atoms. The van der Waals surface area contributed by atoms with Gasteiger partial charge in [0.2, 0.25) is 0 Å². The van der Waals surface area contributed by atoms with E-state index in [1.54, 1.807) is 24.3 Å². The van der Waals surface area contributed by atoms with Gasteiger partial charge in [0, 0.05) is 31.0 Å². The summed E-state index contributed by atoms with van der Waals surface area (Å²) in [5.41, 5.74) is 5.69. The van der Waals surface area contributed by atoms with Crippen molar-refractivity contribution < 1.29 is 14.3 Å². The summed E-state index contributed by atoms with van der Waals surface area (Å²) in [6.45, 7) is 4.81. The van der Waals surface area contributed by atoms with Gasteiger partial charge >= 0.3 is 11.8 Å². The number of carbonyl (C=O) groups is 2. The Hall–Kier alpha value is -3.80. The molecule has 1 aliphatic rings. The van der Waals surface area contributed by atoms with Crippen molar-refractivity contribution in [3.8, 4) is 5.75 Å². The van der Waals surface area contributed by atoms with Gasteiger partial charge in [-0.2, -0.15) is 0 Å². The lowest BCUT2D eigenvalue weighted by Gasteiger charge is -2.30. The van der Waals surface area contributed by atoms with Crippen molar-refractivity contribution in [1.82, 2.24) is 5.32 Å². The minimum Gasteiger partial charge on any atom is -0.494 e. The van der Waals surface area contributed by atoms with E-state index >= 15 is 0 Å². The molecule has 0 aromatic heterocycles. The fourth-order valence-corrected chi connectivity index (χ4v) is 3.98. The Kier molecular flexibility index (Phi) is 7.25. The molecule has 6 heteroatoms. The first-order valence-electron chi connectivity index (χ1n) is 11.3. The Morgan fingerprint density at radius 1 is 0.909 bits per heavy atom. The first-order valence-corrected chi connectivity index (χ1v) is 11.3. The normalized spacial score (nSPS) is 12.6. The van der Waals surface area contributed by atoms with Gasteiger partial charge < -0.3 is 20.3 Å². The van der Waals surface area contributed by atoms with E-state index in [1.165, 1.54) is 16.8 Å². The predicted molar refractivity (Wildman–Crippen MR) is 131 cm³/mol. The SMILES string of the molecule is CCOc1ccc(NC(=O)C(=O)NCCc2ccc(N3CCc4ccccc4C3)cc2)cc1. The van der Waals surface area contributed by atoms with Crippen LogP contribution < -0.4 is 20.3 Å². The maximum Gasteiger partial charge on any atom is 0.313 e. The number of nitrogens with one attached hydrogen (secondary N) is 2. The maximum absolute atomic E-state index is 12.1. The third kappa shape index (κ3) is 5.92. The highest BCUT2D eigenvalue weighted by atomic mass is 16.5. The Bertz CT molecular complexity index is 1090. The van der Waals surface area contributed by atoms with Gasteiger partial charge in [0.1, 0.15) is 5.75 Å². The Balaban J connectivity index is 1.22. The average molecular weight is 444 g/mol. The van der Waals surface area contributed by atoms with Crippen molar-refractivity contribution >= 4 is 23.2 Å². The van der Waals surface area contributed by atoms with Crippen LogP contribution in [-0.2, 0) is 29.0 Å². The van der Waals surface area contributed by atoms with E-state index in [1.807, 2.05) is 6.92 Å². The Morgan fingerprint density at radius 3 is 2.36 bits per heavy atom. The molecule has 0 atom stereocenters. The monoisotopic (exact) mass is 443 g/mol. The van der Waals surface area contributed by atoms with Crippen molar-refractivity contribution in [2.24, 2.45) is 0 Å². The summed E-state index contributed by atoms with van der Waals surface area (Å²) in [4.78, 5) is 26.6. The number of carbonyl (C=O) groups excluding carboxylic acids is 2. The van der Waals surface area contributed by atoms with Crippen LogP contribution in [-0.4, -0.2) is 31.5 Å². The molecule has 4 rings (SSSR count). The lowest BCUT2D eigenvalue weighted by Crippen LogP contribution is -2.36. The van der Waals surface area contributed by atoms with E-state index in [0.29, 0.717) is 25.3 Å². The van der Waals surface area contributed by atoms with Gasteiger partial charge in [0.25, 0.3) is 0 Å². The molecule has 0 fully saturated rings. The molecule has 0 aliphatic carbocycles. The molecule has 0 unspecified atom stereocenters. The van der Waals surface area contributed by atoms with E-state index in [2.05, 4.69) is 64.1 Å². The van der Waals surface area contributed by atoms with Gasteiger partial charge in [-0.25, -0.2) is 0 Å². The number of amides is 2. The predicted octanol–water partition coefficient (Wildman–Crippen LogP) is 3.95. The molecule has 3 aromatic carbocycles. The summed E-state index contributed by atoms with van der Waals surface area (Å²) in [5, 5.41) is 5.28. The van der Waals surface area contributed by atoms with Crippen LogP contribution in [0.2, 0.25) is 0 Å². The molecule has 2 amide bonds. The number of hydrogen-bond acceptors (Lipinski definition) is 4. The fraction of sp³-hybridized carbons (Fsp3) is 0.259. The molecule has 0 bridgehead atoms. The topological polar surface area (TPSA) is 70.7 Å². The van der Waals surface area contributed by atoms with Gasteiger partial charge in [-0.15, -0.1) is 0 Å². The van der Waals surface area contributed by atoms with Crippen molar-refractivity contribution in [2.75, 3.05) is 29.9 Å². The van der Waals surface area contributed by atoms with Crippen LogP contribution in [0.25, 0.3) is 0 Å². The zero-order valence-electron chi connectivity index (χ0n) is 18.8. The smallest absolute Gasteiger partial charge is 0.313 e. The van der Waals surface area contributed by atoms with E-state index in [9.17, 15) is 9.59 Å². The van der Waals surface area contributed by atoms with E-state index in [-0.39, 0.29) is 0 Å². The van der Waals surface area contributed by atoms with Gasteiger partial charge in [0.05, 0.1) is 6.61 Å². The zero-order chi connectivity index (χ0) is 23.0. The summed E-state index contributed by atoms with van der Waals surface area (Å²) in [5.74, 6) is -0.608. The van der Waals surface area contributed by atoms with Crippen LogP contribution in [0.5, 0.6) is 5.75 Å². The van der Waals surface area contributed by atoms with Crippen molar-refractivity contribution in [3.63, 3.8) is 0 Å². The Labute approximate surface area is 194 Å². The number of ether oxygens (including phenoxy) is 1. The van der Waals surface area contributed by atoms with Crippen molar-refractivity contribution in [3.05, 3.63) is 89.5 Å². The molecule has 0 saturated carbocycles. The average Bonchev–Trinajstić information content (AvgIpc) is 2.85. The molecular weight excluding hydrogens is 414 g/mol. The summed E-state index contributed by atoms with van der Waals surface area (Å²) in [7, 11) is 0. The molecule has 0 saturated heterocycles. The van der Waals surface area contributed by atoms with E-state index in [0.717, 1.165) is 30.8 Å². The summed E-state index contributed by atoms with van der Waals surface area (Å²) < 4.78 is 5.37. The standard InChI is InChI=1S/C27H29N3O3/c1-2-33-25-13-9-23(10-14-25)29-27(32)26(31)28-17-15-20-7-11-24(12-8-20)30-18-16-21-5-3-4-6-22(21)19-30/h3-14H,2,15-19H2,1H3,(H,28,31)(H,29,32). The molecule has 1 aliphatic heterocycles.